The number of hydrogen-bond donors (Lipinski definition) is 1. The highest BCUT2D eigenvalue weighted by Crippen LogP contribution is 2.29. The van der Waals surface area contributed by atoms with Gasteiger partial charge in [-0.3, -0.25) is 4.79 Å². The van der Waals surface area contributed by atoms with Crippen LogP contribution in [0.1, 0.15) is 47.1 Å². The summed E-state index contributed by atoms with van der Waals surface area (Å²) in [4.78, 5) is 24.4. The molecule has 0 radical (unpaired) electrons. The molecule has 0 saturated carbocycles. The van der Waals surface area contributed by atoms with Gasteiger partial charge < -0.3 is 19.5 Å². The van der Waals surface area contributed by atoms with Crippen LogP contribution in [0, 0.1) is 6.92 Å². The van der Waals surface area contributed by atoms with Crippen molar-refractivity contribution < 1.29 is 23.8 Å². The van der Waals surface area contributed by atoms with Gasteiger partial charge in [0, 0.05) is 11.3 Å². The van der Waals surface area contributed by atoms with Crippen molar-refractivity contribution in [1.82, 2.24) is 0 Å². The summed E-state index contributed by atoms with van der Waals surface area (Å²) in [6, 6.07) is 10.1. The van der Waals surface area contributed by atoms with Crippen LogP contribution in [0.3, 0.4) is 0 Å². The number of carbonyl (C=O) groups excluding carboxylic acids is 2. The van der Waals surface area contributed by atoms with E-state index in [4.69, 9.17) is 14.2 Å². The summed E-state index contributed by atoms with van der Waals surface area (Å²) in [7, 11) is 0. The molecule has 0 aliphatic carbocycles. The molecule has 0 saturated heterocycles. The van der Waals surface area contributed by atoms with E-state index in [0.29, 0.717) is 48.1 Å². The largest absolute Gasteiger partial charge is 0.490 e. The number of rotatable bonds is 8. The lowest BCUT2D eigenvalue weighted by molar-refractivity contribution is 0.0526. The number of benzene rings is 2. The van der Waals surface area contributed by atoms with Gasteiger partial charge in [-0.25, -0.2) is 4.79 Å². The molecular formula is C21H25NO5. The molecule has 1 N–H and O–H groups in total. The predicted octanol–water partition coefficient (Wildman–Crippen LogP) is 4.22. The van der Waals surface area contributed by atoms with Crippen LogP contribution in [0.2, 0.25) is 0 Å². The fourth-order valence-corrected chi connectivity index (χ4v) is 2.53. The van der Waals surface area contributed by atoms with E-state index in [1.165, 1.54) is 0 Å². The summed E-state index contributed by atoms with van der Waals surface area (Å²) in [5.41, 5.74) is 2.30. The Bertz CT molecular complexity index is 816. The Morgan fingerprint density at radius 1 is 0.852 bits per heavy atom. The van der Waals surface area contributed by atoms with Crippen LogP contribution in [0.5, 0.6) is 11.5 Å². The van der Waals surface area contributed by atoms with Gasteiger partial charge in [0.05, 0.1) is 25.4 Å². The van der Waals surface area contributed by atoms with Crippen molar-refractivity contribution in [2.75, 3.05) is 25.1 Å². The van der Waals surface area contributed by atoms with Crippen molar-refractivity contribution in [1.29, 1.82) is 0 Å². The molecule has 0 aliphatic rings. The predicted molar refractivity (Wildman–Crippen MR) is 104 cm³/mol. The Balaban J connectivity index is 2.19. The molecule has 0 spiro atoms. The van der Waals surface area contributed by atoms with Crippen LogP contribution in [-0.2, 0) is 4.74 Å². The number of ether oxygens (including phenoxy) is 3. The lowest BCUT2D eigenvalue weighted by Crippen LogP contribution is -2.14. The average Bonchev–Trinajstić information content (AvgIpc) is 2.65. The van der Waals surface area contributed by atoms with Crippen molar-refractivity contribution in [3.63, 3.8) is 0 Å². The number of aryl methyl sites for hydroxylation is 1. The standard InChI is InChI=1S/C21H25NO5/c1-5-25-18-11-9-15(13-19(18)26-6-2)20(23)22-17-10-8-16(12-14(17)4)21(24)27-7-3/h8-13H,5-7H2,1-4H3,(H,22,23). The minimum Gasteiger partial charge on any atom is -0.490 e. The Morgan fingerprint density at radius 2 is 1.52 bits per heavy atom. The van der Waals surface area contributed by atoms with E-state index in [1.807, 2.05) is 20.8 Å². The van der Waals surface area contributed by atoms with Crippen LogP contribution in [0.15, 0.2) is 36.4 Å². The molecule has 0 aliphatic heterocycles. The van der Waals surface area contributed by atoms with Crippen molar-refractivity contribution in [2.24, 2.45) is 0 Å². The van der Waals surface area contributed by atoms with E-state index in [0.717, 1.165) is 5.56 Å². The maximum Gasteiger partial charge on any atom is 0.338 e. The quantitative estimate of drug-likeness (QED) is 0.703. The smallest absolute Gasteiger partial charge is 0.338 e. The summed E-state index contributed by atoms with van der Waals surface area (Å²) in [5.74, 6) is 0.476. The van der Waals surface area contributed by atoms with Gasteiger partial charge in [0.2, 0.25) is 0 Å². The number of amides is 1. The Labute approximate surface area is 159 Å². The molecule has 27 heavy (non-hydrogen) atoms. The van der Waals surface area contributed by atoms with E-state index in [9.17, 15) is 9.59 Å². The van der Waals surface area contributed by atoms with Crippen LogP contribution in [-0.4, -0.2) is 31.7 Å². The number of anilines is 1. The maximum atomic E-state index is 12.6. The summed E-state index contributed by atoms with van der Waals surface area (Å²) < 4.78 is 16.1. The fraction of sp³-hybridized carbons (Fsp3) is 0.333. The van der Waals surface area contributed by atoms with E-state index in [2.05, 4.69) is 5.32 Å². The third kappa shape index (κ3) is 5.23. The van der Waals surface area contributed by atoms with Gasteiger partial charge in [-0.2, -0.15) is 0 Å². The molecule has 0 bridgehead atoms. The summed E-state index contributed by atoms with van der Waals surface area (Å²) >= 11 is 0. The van der Waals surface area contributed by atoms with Gasteiger partial charge in [-0.05, 0) is 69.7 Å². The second-order valence-corrected chi connectivity index (χ2v) is 5.73. The van der Waals surface area contributed by atoms with Gasteiger partial charge >= 0.3 is 5.97 Å². The average molecular weight is 371 g/mol. The molecule has 2 aromatic rings. The Hall–Kier alpha value is -3.02. The maximum absolute atomic E-state index is 12.6. The molecule has 144 valence electrons. The van der Waals surface area contributed by atoms with Crippen LogP contribution < -0.4 is 14.8 Å². The van der Waals surface area contributed by atoms with Crippen LogP contribution in [0.4, 0.5) is 5.69 Å². The zero-order valence-electron chi connectivity index (χ0n) is 16.1. The molecular weight excluding hydrogens is 346 g/mol. The van der Waals surface area contributed by atoms with Gasteiger partial charge in [0.1, 0.15) is 0 Å². The highest BCUT2D eigenvalue weighted by atomic mass is 16.5. The van der Waals surface area contributed by atoms with E-state index in [-0.39, 0.29) is 11.9 Å². The zero-order valence-corrected chi connectivity index (χ0v) is 16.1. The zero-order chi connectivity index (χ0) is 19.8. The second-order valence-electron chi connectivity index (χ2n) is 5.73. The lowest BCUT2D eigenvalue weighted by Gasteiger charge is -2.13. The molecule has 2 rings (SSSR count). The van der Waals surface area contributed by atoms with Crippen molar-refractivity contribution in [2.45, 2.75) is 27.7 Å². The van der Waals surface area contributed by atoms with Crippen LogP contribution in [0.25, 0.3) is 0 Å². The van der Waals surface area contributed by atoms with E-state index >= 15 is 0 Å². The van der Waals surface area contributed by atoms with Gasteiger partial charge in [0.25, 0.3) is 5.91 Å². The summed E-state index contributed by atoms with van der Waals surface area (Å²) in [6.07, 6.45) is 0. The first-order valence-electron chi connectivity index (χ1n) is 8.98. The number of carbonyl (C=O) groups is 2. The highest BCUT2D eigenvalue weighted by molar-refractivity contribution is 6.05. The summed E-state index contributed by atoms with van der Waals surface area (Å²) in [6.45, 7) is 8.64. The minimum atomic E-state index is -0.383. The number of esters is 1. The molecule has 0 unspecified atom stereocenters. The Kier molecular flexibility index (Phi) is 7.23. The third-order valence-corrected chi connectivity index (χ3v) is 3.79. The molecule has 1 amide bonds. The molecule has 2 aromatic carbocycles. The van der Waals surface area contributed by atoms with Gasteiger partial charge in [-0.15, -0.1) is 0 Å². The SMILES string of the molecule is CCOC(=O)c1ccc(NC(=O)c2ccc(OCC)c(OCC)c2)c(C)c1. The topological polar surface area (TPSA) is 73.9 Å². The molecule has 0 fully saturated rings. The van der Waals surface area contributed by atoms with E-state index in [1.54, 1.807) is 43.3 Å². The molecule has 0 atom stereocenters. The molecule has 0 heterocycles. The molecule has 6 nitrogen and oxygen atoms in total. The molecule has 6 heteroatoms. The van der Waals surface area contributed by atoms with Crippen molar-refractivity contribution in [3.05, 3.63) is 53.1 Å². The van der Waals surface area contributed by atoms with E-state index < -0.39 is 0 Å². The second kappa shape index (κ2) is 9.62. The fourth-order valence-electron chi connectivity index (χ4n) is 2.53. The Morgan fingerprint density at radius 3 is 2.15 bits per heavy atom. The van der Waals surface area contributed by atoms with Gasteiger partial charge in [-0.1, -0.05) is 0 Å². The van der Waals surface area contributed by atoms with Crippen LogP contribution >= 0.6 is 0 Å². The number of hydrogen-bond acceptors (Lipinski definition) is 5. The minimum absolute atomic E-state index is 0.272. The van der Waals surface area contributed by atoms with Crippen molar-refractivity contribution in [3.8, 4) is 11.5 Å². The number of nitrogens with one attached hydrogen (secondary N) is 1. The molecule has 0 aromatic heterocycles. The monoisotopic (exact) mass is 371 g/mol. The van der Waals surface area contributed by atoms with Gasteiger partial charge in [0.15, 0.2) is 11.5 Å². The third-order valence-electron chi connectivity index (χ3n) is 3.79. The lowest BCUT2D eigenvalue weighted by atomic mass is 10.1. The normalized spacial score (nSPS) is 10.2. The van der Waals surface area contributed by atoms with Crippen molar-refractivity contribution >= 4 is 17.6 Å². The summed E-state index contributed by atoms with van der Waals surface area (Å²) in [5, 5.41) is 2.86. The first-order valence-corrected chi connectivity index (χ1v) is 8.98. The first kappa shape index (κ1) is 20.3. The highest BCUT2D eigenvalue weighted by Gasteiger charge is 2.14. The first-order chi connectivity index (χ1) is 13.0.